The van der Waals surface area contributed by atoms with Crippen molar-refractivity contribution in [3.8, 4) is 17.1 Å². The molecule has 2 aliphatic rings. The molecule has 10 heteroatoms. The summed E-state index contributed by atoms with van der Waals surface area (Å²) in [6, 6.07) is 18.9. The highest BCUT2D eigenvalue weighted by molar-refractivity contribution is 8.02. The van der Waals surface area contributed by atoms with Crippen molar-refractivity contribution in [1.82, 2.24) is 15.0 Å². The van der Waals surface area contributed by atoms with Crippen molar-refractivity contribution >= 4 is 40.7 Å². The van der Waals surface area contributed by atoms with E-state index in [1.807, 2.05) is 61.2 Å². The zero-order chi connectivity index (χ0) is 26.8. The fourth-order valence-electron chi connectivity index (χ4n) is 4.52. The van der Waals surface area contributed by atoms with Crippen LogP contribution in [0.3, 0.4) is 0 Å². The summed E-state index contributed by atoms with van der Waals surface area (Å²) in [4.78, 5) is 29.4. The molecule has 8 nitrogen and oxygen atoms in total. The van der Waals surface area contributed by atoms with Crippen LogP contribution in [0, 0.1) is 6.92 Å². The Morgan fingerprint density at radius 3 is 2.62 bits per heavy atom. The van der Waals surface area contributed by atoms with E-state index >= 15 is 0 Å². The van der Waals surface area contributed by atoms with E-state index in [0.717, 1.165) is 46.5 Å². The summed E-state index contributed by atoms with van der Waals surface area (Å²) in [7, 11) is 0. The highest BCUT2D eigenvalue weighted by Gasteiger charge is 2.48. The van der Waals surface area contributed by atoms with E-state index in [1.165, 1.54) is 0 Å². The Bertz CT molecular complexity index is 1460. The summed E-state index contributed by atoms with van der Waals surface area (Å²) >= 11 is 3.50. The fourth-order valence-corrected chi connectivity index (χ4v) is 6.90. The van der Waals surface area contributed by atoms with Crippen LogP contribution in [0.15, 0.2) is 70.4 Å². The summed E-state index contributed by atoms with van der Waals surface area (Å²) in [5.41, 5.74) is 3.59. The Kier molecular flexibility index (Phi) is 7.24. The highest BCUT2D eigenvalue weighted by Crippen LogP contribution is 2.59. The van der Waals surface area contributed by atoms with Crippen molar-refractivity contribution < 1.29 is 14.3 Å². The number of benzene rings is 2. The lowest BCUT2D eigenvalue weighted by Crippen LogP contribution is -2.44. The predicted molar refractivity (Wildman–Crippen MR) is 155 cm³/mol. The molecule has 2 fully saturated rings. The molecule has 39 heavy (non-hydrogen) atoms. The summed E-state index contributed by atoms with van der Waals surface area (Å²) in [5, 5.41) is 4.87. The number of thioether (sulfide) groups is 1. The van der Waals surface area contributed by atoms with Gasteiger partial charge >= 0.3 is 6.09 Å². The molecule has 1 aliphatic carbocycles. The van der Waals surface area contributed by atoms with E-state index < -0.39 is 6.09 Å². The minimum atomic E-state index is -0.541. The summed E-state index contributed by atoms with van der Waals surface area (Å²) in [5.74, 6) is 2.07. The van der Waals surface area contributed by atoms with Crippen LogP contribution in [0.2, 0.25) is 0 Å². The van der Waals surface area contributed by atoms with E-state index in [-0.39, 0.29) is 10.8 Å². The number of morpholine rings is 1. The van der Waals surface area contributed by atoms with Crippen LogP contribution < -0.4 is 15.0 Å². The number of ether oxygens (including phenoxy) is 2. The second-order valence-electron chi connectivity index (χ2n) is 9.81. The minimum Gasteiger partial charge on any atom is -0.410 e. The lowest BCUT2D eigenvalue weighted by atomic mass is 10.1. The first-order valence-electron chi connectivity index (χ1n) is 13.0. The van der Waals surface area contributed by atoms with Gasteiger partial charge in [-0.05, 0) is 63.1 Å². The van der Waals surface area contributed by atoms with Crippen LogP contribution in [0.25, 0.3) is 11.4 Å². The molecule has 1 saturated carbocycles. The maximum atomic E-state index is 12.3. The first-order valence-corrected chi connectivity index (χ1v) is 14.7. The van der Waals surface area contributed by atoms with Crippen molar-refractivity contribution in [1.29, 1.82) is 0 Å². The molecule has 1 N–H and O–H groups in total. The molecule has 0 bridgehead atoms. The van der Waals surface area contributed by atoms with Crippen LogP contribution in [-0.2, 0) is 9.48 Å². The van der Waals surface area contributed by atoms with Crippen LogP contribution in [0.4, 0.5) is 16.3 Å². The normalized spacial score (nSPS) is 18.0. The summed E-state index contributed by atoms with van der Waals surface area (Å²) in [6.07, 6.45) is 1.56. The van der Waals surface area contributed by atoms with E-state index in [2.05, 4.69) is 28.6 Å². The van der Waals surface area contributed by atoms with Gasteiger partial charge in [0, 0.05) is 34.9 Å². The number of hydrogen-bond acceptors (Lipinski definition) is 9. The lowest BCUT2D eigenvalue weighted by Gasteiger charge is -2.34. The van der Waals surface area contributed by atoms with E-state index in [1.54, 1.807) is 23.5 Å². The maximum Gasteiger partial charge on any atom is 0.417 e. The molecule has 1 aliphatic heterocycles. The number of hydrogen-bond donors (Lipinski definition) is 1. The van der Waals surface area contributed by atoms with Crippen molar-refractivity contribution in [2.75, 3.05) is 30.0 Å². The van der Waals surface area contributed by atoms with Crippen LogP contribution in [0.5, 0.6) is 5.75 Å². The zero-order valence-electron chi connectivity index (χ0n) is 21.8. The van der Waals surface area contributed by atoms with Gasteiger partial charge in [0.1, 0.15) is 11.6 Å². The van der Waals surface area contributed by atoms with Gasteiger partial charge in [0.25, 0.3) is 0 Å². The second kappa shape index (κ2) is 11.0. The Labute approximate surface area is 235 Å². The molecular weight excluding hydrogens is 530 g/mol. The number of carbonyl (C=O) groups is 1. The smallest absolute Gasteiger partial charge is 0.410 e. The summed E-state index contributed by atoms with van der Waals surface area (Å²) in [6.45, 7) is 6.33. The van der Waals surface area contributed by atoms with Gasteiger partial charge in [-0.1, -0.05) is 30.0 Å². The molecule has 6 rings (SSSR count). The van der Waals surface area contributed by atoms with Gasteiger partial charge in [0.2, 0.25) is 0 Å². The van der Waals surface area contributed by atoms with Gasteiger partial charge in [0.15, 0.2) is 10.2 Å². The van der Waals surface area contributed by atoms with Crippen molar-refractivity contribution in [3.05, 3.63) is 77.4 Å². The molecule has 1 atom stereocenters. The Hall–Kier alpha value is -3.47. The lowest BCUT2D eigenvalue weighted by molar-refractivity contribution is 0.0985. The van der Waals surface area contributed by atoms with Crippen molar-refractivity contribution in [2.45, 2.75) is 41.8 Å². The first kappa shape index (κ1) is 25.8. The Morgan fingerprint density at radius 2 is 1.92 bits per heavy atom. The third-order valence-corrected chi connectivity index (χ3v) is 9.33. The number of thiazole rings is 1. The topological polar surface area (TPSA) is 89.5 Å². The largest absolute Gasteiger partial charge is 0.417 e. The van der Waals surface area contributed by atoms with E-state index in [9.17, 15) is 4.79 Å². The van der Waals surface area contributed by atoms with E-state index in [0.29, 0.717) is 30.5 Å². The number of rotatable bonds is 7. The number of aromatic nitrogens is 3. The third kappa shape index (κ3) is 5.93. The number of para-hydroxylation sites is 1. The molecule has 1 saturated heterocycles. The molecule has 200 valence electrons. The van der Waals surface area contributed by atoms with Gasteiger partial charge in [-0.2, -0.15) is 0 Å². The van der Waals surface area contributed by atoms with Gasteiger partial charge < -0.3 is 14.4 Å². The molecule has 3 heterocycles. The zero-order valence-corrected chi connectivity index (χ0v) is 23.4. The molecule has 0 radical (unpaired) electrons. The van der Waals surface area contributed by atoms with Gasteiger partial charge in [-0.15, -0.1) is 11.3 Å². The van der Waals surface area contributed by atoms with Gasteiger partial charge in [-0.3, -0.25) is 5.32 Å². The van der Waals surface area contributed by atoms with Crippen LogP contribution in [-0.4, -0.2) is 46.8 Å². The summed E-state index contributed by atoms with van der Waals surface area (Å²) < 4.78 is 12.0. The van der Waals surface area contributed by atoms with Crippen molar-refractivity contribution in [2.24, 2.45) is 0 Å². The number of nitrogens with one attached hydrogen (secondary N) is 1. The second-order valence-corrected chi connectivity index (χ2v) is 12.3. The molecule has 0 spiro atoms. The number of carbonyl (C=O) groups excluding carboxylic acids is 1. The number of amides is 1. The first-order chi connectivity index (χ1) is 19.0. The Balaban J connectivity index is 1.27. The van der Waals surface area contributed by atoms with Crippen LogP contribution >= 0.6 is 23.1 Å². The SMILES string of the molecule is Cc1csc(SC2(c3cc(N4CCOC[C@@H]4C)nc(-c4ccc(NC(=O)Oc5ccccc5)cc4)n3)CC2)n1. The third-order valence-electron chi connectivity index (χ3n) is 6.77. The minimum absolute atomic E-state index is 0.0883. The molecule has 4 aromatic rings. The van der Waals surface area contributed by atoms with Crippen LogP contribution in [0.1, 0.15) is 31.2 Å². The van der Waals surface area contributed by atoms with Gasteiger partial charge in [-0.25, -0.2) is 19.7 Å². The highest BCUT2D eigenvalue weighted by atomic mass is 32.2. The number of aryl methyl sites for hydroxylation is 1. The molecule has 2 aromatic carbocycles. The molecule has 1 amide bonds. The van der Waals surface area contributed by atoms with Gasteiger partial charge in [0.05, 0.1) is 29.7 Å². The number of anilines is 2. The average molecular weight is 560 g/mol. The molecular formula is C29H29N5O3S2. The number of nitrogens with zero attached hydrogens (tertiary/aromatic N) is 4. The standard InChI is InChI=1S/C29H29N5O3S2/c1-19-18-38-28(30-19)39-29(12-13-29)24-16-25(34-14-15-36-17-20(34)2)33-26(32-24)21-8-10-22(11-9-21)31-27(35)37-23-6-4-3-5-7-23/h3-11,16,18,20H,12-15,17H2,1-2H3,(H,31,35)/t20-/m0/s1. The maximum absolute atomic E-state index is 12.3. The quantitative estimate of drug-likeness (QED) is 0.274. The Morgan fingerprint density at radius 1 is 1.13 bits per heavy atom. The monoisotopic (exact) mass is 559 g/mol. The predicted octanol–water partition coefficient (Wildman–Crippen LogP) is 6.53. The molecule has 0 unspecified atom stereocenters. The van der Waals surface area contributed by atoms with Crippen molar-refractivity contribution in [3.63, 3.8) is 0 Å². The molecule has 2 aromatic heterocycles. The average Bonchev–Trinajstić information content (AvgIpc) is 3.62. The van der Waals surface area contributed by atoms with E-state index in [4.69, 9.17) is 24.4 Å². The fraction of sp³-hybridized carbons (Fsp3) is 0.310.